The minimum absolute atomic E-state index is 0.345. The average molecular weight is 274 g/mol. The van der Waals surface area contributed by atoms with Gasteiger partial charge < -0.3 is 10.4 Å². The highest BCUT2D eigenvalue weighted by atomic mass is 16.3. The first-order valence-electron chi connectivity index (χ1n) is 8.01. The van der Waals surface area contributed by atoms with Crippen LogP contribution in [0.5, 0.6) is 0 Å². The molecule has 0 heterocycles. The van der Waals surface area contributed by atoms with E-state index in [-0.39, 0.29) is 6.10 Å². The number of rotatable bonds is 4. The van der Waals surface area contributed by atoms with E-state index in [1.165, 1.54) is 19.3 Å². The maximum atomic E-state index is 10.3. The predicted molar refractivity (Wildman–Crippen MR) is 81.2 cm³/mol. The van der Waals surface area contributed by atoms with Crippen molar-refractivity contribution in [2.24, 2.45) is 16.7 Å². The number of nitrogens with two attached hydrogens (primary N) is 1. The first-order valence-corrected chi connectivity index (χ1v) is 8.01. The highest BCUT2D eigenvalue weighted by Gasteiger charge is 2.63. The van der Waals surface area contributed by atoms with Gasteiger partial charge in [0, 0.05) is 11.8 Å². The van der Waals surface area contributed by atoms with Crippen molar-refractivity contribution >= 4 is 0 Å². The Hall–Kier alpha value is -0.860. The molecule has 2 heteroatoms. The van der Waals surface area contributed by atoms with Gasteiger partial charge in [-0.1, -0.05) is 51.1 Å². The van der Waals surface area contributed by atoms with Gasteiger partial charge in [0.15, 0.2) is 0 Å². The summed E-state index contributed by atoms with van der Waals surface area (Å²) in [6.07, 6.45) is 3.73. The first-order chi connectivity index (χ1) is 9.45. The maximum absolute atomic E-state index is 10.3. The van der Waals surface area contributed by atoms with E-state index in [4.69, 9.17) is 0 Å². The standard InChI is InChI=1S/C18H27NO/c1-17(2)14-9-10-18(17,3)16(11-14)19-12-15(20)13-7-5-4-6-8-13/h4-8,14-16,19-20H,9-12H2,1-3H3/p+1/t14-,15-,16+,18+/m1/s1. The number of aliphatic hydroxyl groups excluding tert-OH is 1. The summed E-state index contributed by atoms with van der Waals surface area (Å²) < 4.78 is 0. The van der Waals surface area contributed by atoms with Crippen LogP contribution in [0.25, 0.3) is 0 Å². The second-order valence-corrected chi connectivity index (χ2v) is 7.61. The van der Waals surface area contributed by atoms with E-state index in [9.17, 15) is 5.11 Å². The normalized spacial score (nSPS) is 36.2. The first kappa shape index (κ1) is 14.1. The van der Waals surface area contributed by atoms with Crippen LogP contribution in [0.15, 0.2) is 30.3 Å². The van der Waals surface area contributed by atoms with Crippen molar-refractivity contribution in [1.29, 1.82) is 0 Å². The van der Waals surface area contributed by atoms with Crippen LogP contribution in [0.1, 0.15) is 51.7 Å². The molecule has 2 aliphatic carbocycles. The lowest BCUT2D eigenvalue weighted by Gasteiger charge is -2.37. The molecule has 0 aliphatic heterocycles. The molecule has 0 spiro atoms. The summed E-state index contributed by atoms with van der Waals surface area (Å²) in [6.45, 7) is 8.15. The summed E-state index contributed by atoms with van der Waals surface area (Å²) in [5.74, 6) is 0.877. The lowest BCUT2D eigenvalue weighted by molar-refractivity contribution is -0.708. The molecule has 20 heavy (non-hydrogen) atoms. The number of hydrogen-bond donors (Lipinski definition) is 2. The van der Waals surface area contributed by atoms with E-state index in [1.807, 2.05) is 30.3 Å². The molecule has 2 aliphatic rings. The highest BCUT2D eigenvalue weighted by Crippen LogP contribution is 2.64. The van der Waals surface area contributed by atoms with Gasteiger partial charge >= 0.3 is 0 Å². The molecular formula is C18H28NO+. The zero-order valence-electron chi connectivity index (χ0n) is 13.0. The van der Waals surface area contributed by atoms with E-state index in [1.54, 1.807) is 0 Å². The van der Waals surface area contributed by atoms with Gasteiger partial charge in [-0.3, -0.25) is 0 Å². The van der Waals surface area contributed by atoms with Crippen molar-refractivity contribution < 1.29 is 10.4 Å². The summed E-state index contributed by atoms with van der Waals surface area (Å²) in [7, 11) is 0. The number of benzene rings is 1. The lowest BCUT2D eigenvalue weighted by Crippen LogP contribution is -2.93. The predicted octanol–water partition coefficient (Wildman–Crippen LogP) is 2.50. The molecule has 2 saturated carbocycles. The fraction of sp³-hybridized carbons (Fsp3) is 0.667. The molecule has 1 aromatic rings. The molecule has 110 valence electrons. The smallest absolute Gasteiger partial charge is 0.128 e. The fourth-order valence-corrected chi connectivity index (χ4v) is 4.73. The number of fused-ring (bicyclic) bond motifs is 2. The number of hydrogen-bond acceptors (Lipinski definition) is 1. The summed E-state index contributed by atoms with van der Waals surface area (Å²) >= 11 is 0. The third kappa shape index (κ3) is 2.01. The van der Waals surface area contributed by atoms with Gasteiger partial charge in [-0.2, -0.15) is 0 Å². The lowest BCUT2D eigenvalue weighted by atomic mass is 9.69. The minimum atomic E-state index is -0.345. The monoisotopic (exact) mass is 274 g/mol. The van der Waals surface area contributed by atoms with Crippen molar-refractivity contribution in [2.75, 3.05) is 6.54 Å². The second kappa shape index (κ2) is 4.85. The van der Waals surface area contributed by atoms with Crippen LogP contribution in [0.4, 0.5) is 0 Å². The molecule has 3 rings (SSSR count). The third-order valence-corrected chi connectivity index (χ3v) is 6.69. The molecule has 0 radical (unpaired) electrons. The van der Waals surface area contributed by atoms with Crippen LogP contribution in [-0.4, -0.2) is 17.7 Å². The Balaban J connectivity index is 1.63. The van der Waals surface area contributed by atoms with E-state index in [0.717, 1.165) is 18.0 Å². The molecule has 1 aromatic carbocycles. The van der Waals surface area contributed by atoms with Crippen molar-refractivity contribution in [3.63, 3.8) is 0 Å². The van der Waals surface area contributed by atoms with Gasteiger partial charge in [0.05, 0.1) is 6.04 Å². The molecule has 0 saturated heterocycles. The van der Waals surface area contributed by atoms with Crippen LogP contribution < -0.4 is 5.32 Å². The Labute approximate surface area is 122 Å². The highest BCUT2D eigenvalue weighted by molar-refractivity contribution is 5.17. The van der Waals surface area contributed by atoms with Crippen LogP contribution in [0, 0.1) is 16.7 Å². The van der Waals surface area contributed by atoms with E-state index in [0.29, 0.717) is 16.9 Å². The SMILES string of the molecule is CC1(C)[C@@H]2CC[C@@]1(C)[C@@H]([NH2+]C[C@@H](O)c1ccccc1)C2. The molecule has 0 amide bonds. The molecule has 0 aromatic heterocycles. The van der Waals surface area contributed by atoms with Crippen molar-refractivity contribution in [2.45, 2.75) is 52.2 Å². The van der Waals surface area contributed by atoms with Gasteiger partial charge in [-0.25, -0.2) is 0 Å². The zero-order valence-corrected chi connectivity index (χ0v) is 13.0. The Kier molecular flexibility index (Phi) is 3.42. The largest absolute Gasteiger partial charge is 0.382 e. The number of aliphatic hydroxyl groups is 1. The van der Waals surface area contributed by atoms with E-state index >= 15 is 0 Å². The quantitative estimate of drug-likeness (QED) is 0.869. The topological polar surface area (TPSA) is 36.8 Å². The van der Waals surface area contributed by atoms with Crippen LogP contribution >= 0.6 is 0 Å². The van der Waals surface area contributed by atoms with Gasteiger partial charge in [0.1, 0.15) is 12.6 Å². The Bertz CT molecular complexity index is 470. The maximum Gasteiger partial charge on any atom is 0.128 e. The Morgan fingerprint density at radius 3 is 2.50 bits per heavy atom. The van der Waals surface area contributed by atoms with Crippen LogP contribution in [0.2, 0.25) is 0 Å². The summed E-state index contributed by atoms with van der Waals surface area (Å²) in [5.41, 5.74) is 1.94. The van der Waals surface area contributed by atoms with Gasteiger partial charge in [-0.05, 0) is 29.7 Å². The van der Waals surface area contributed by atoms with Crippen LogP contribution in [-0.2, 0) is 0 Å². The molecule has 4 atom stereocenters. The van der Waals surface area contributed by atoms with Gasteiger partial charge in [0.2, 0.25) is 0 Å². The molecule has 0 unspecified atom stereocenters. The molecule has 2 bridgehead atoms. The van der Waals surface area contributed by atoms with Gasteiger partial charge in [-0.15, -0.1) is 0 Å². The molecule has 3 N–H and O–H groups in total. The summed E-state index contributed by atoms with van der Waals surface area (Å²) in [4.78, 5) is 0. The van der Waals surface area contributed by atoms with Crippen molar-refractivity contribution in [1.82, 2.24) is 0 Å². The summed E-state index contributed by atoms with van der Waals surface area (Å²) in [6, 6.07) is 10.7. The van der Waals surface area contributed by atoms with E-state index < -0.39 is 0 Å². The summed E-state index contributed by atoms with van der Waals surface area (Å²) in [5, 5.41) is 12.7. The number of quaternary nitrogens is 1. The van der Waals surface area contributed by atoms with Crippen LogP contribution in [0.3, 0.4) is 0 Å². The van der Waals surface area contributed by atoms with Crippen molar-refractivity contribution in [3.05, 3.63) is 35.9 Å². The van der Waals surface area contributed by atoms with Crippen molar-refractivity contribution in [3.8, 4) is 0 Å². The minimum Gasteiger partial charge on any atom is -0.382 e. The Morgan fingerprint density at radius 1 is 1.25 bits per heavy atom. The second-order valence-electron chi connectivity index (χ2n) is 7.61. The zero-order chi connectivity index (χ0) is 14.4. The fourth-order valence-electron chi connectivity index (χ4n) is 4.73. The molecule has 2 fully saturated rings. The molecule has 2 nitrogen and oxygen atoms in total. The third-order valence-electron chi connectivity index (χ3n) is 6.69. The Morgan fingerprint density at radius 2 is 1.95 bits per heavy atom. The van der Waals surface area contributed by atoms with E-state index in [2.05, 4.69) is 26.1 Å². The average Bonchev–Trinajstić information content (AvgIpc) is 2.78. The molecular weight excluding hydrogens is 246 g/mol. The van der Waals surface area contributed by atoms with Gasteiger partial charge in [0.25, 0.3) is 0 Å².